The molecule has 3 rings (SSSR count). The summed E-state index contributed by atoms with van der Waals surface area (Å²) in [5.74, 6) is -3.22. The topological polar surface area (TPSA) is 253 Å². The Labute approximate surface area is 316 Å². The van der Waals surface area contributed by atoms with Crippen molar-refractivity contribution in [1.29, 1.82) is 0 Å². The fourth-order valence-corrected chi connectivity index (χ4v) is 5.82. The van der Waals surface area contributed by atoms with Crippen LogP contribution in [0.1, 0.15) is 80.6 Å². The molecule has 21 heteroatoms. The van der Waals surface area contributed by atoms with Crippen LogP contribution in [0.2, 0.25) is 0 Å². The Kier molecular flexibility index (Phi) is 15.6. The van der Waals surface area contributed by atoms with Gasteiger partial charge in [-0.3, -0.25) is 9.59 Å². The zero-order valence-electron chi connectivity index (χ0n) is 31.9. The minimum absolute atomic E-state index is 0.00602. The van der Waals surface area contributed by atoms with Crippen molar-refractivity contribution < 1.29 is 81.2 Å². The average molecular weight is 801 g/mol. The number of hydrogen-bond donors (Lipinski definition) is 8. The van der Waals surface area contributed by atoms with Gasteiger partial charge in [0.2, 0.25) is 12.2 Å². The number of alkyl carbamates (subject to hydrolysis) is 2. The van der Waals surface area contributed by atoms with Crippen LogP contribution in [0.25, 0.3) is 0 Å². The van der Waals surface area contributed by atoms with Gasteiger partial charge in [0.25, 0.3) is 0 Å². The lowest BCUT2D eigenvalue weighted by Crippen LogP contribution is -2.62. The van der Waals surface area contributed by atoms with Gasteiger partial charge >= 0.3 is 24.3 Å². The lowest BCUT2D eigenvalue weighted by atomic mass is 9.86. The van der Waals surface area contributed by atoms with E-state index in [-0.39, 0.29) is 51.0 Å². The van der Waals surface area contributed by atoms with Gasteiger partial charge in [-0.05, 0) is 80.2 Å². The molecule has 0 aromatic heterocycles. The first-order valence-electron chi connectivity index (χ1n) is 17.9. The standard InChI is InChI=1S/C34H55F3N4O14/c1-31(2,3)54-29(47)38-13-12-20(42)25(45)40-18-10-11-22(23(44)24(18)53-27-21(43)14-33(7,49)16-50-27)52-26-19(41-30(48)55-32(4,5)6)9-8-17(51-26)15-39-28(46)34(35,36)37/h8,18-24,26-27,42-44,49H,9-16H2,1-7H3,(H,38,47)(H,39,46)(H,40,45)(H,41,48)/t18-,19-,20+,21-,22-,23+,24+,26-,27-,33-/m1/s1. The number of carbonyl (C=O) groups excluding carboxylic acids is 4. The summed E-state index contributed by atoms with van der Waals surface area (Å²) in [6.07, 6.45) is -15.9. The van der Waals surface area contributed by atoms with Gasteiger partial charge in [-0.15, -0.1) is 0 Å². The van der Waals surface area contributed by atoms with E-state index in [2.05, 4.69) is 16.0 Å². The van der Waals surface area contributed by atoms with Crippen LogP contribution in [0.15, 0.2) is 11.8 Å². The molecule has 8 N–H and O–H groups in total. The second kappa shape index (κ2) is 18.6. The molecule has 3 aliphatic rings. The molecule has 55 heavy (non-hydrogen) atoms. The molecule has 316 valence electrons. The molecule has 2 heterocycles. The molecule has 10 atom stereocenters. The maximum Gasteiger partial charge on any atom is 0.471 e. The lowest BCUT2D eigenvalue weighted by Gasteiger charge is -2.45. The minimum Gasteiger partial charge on any atom is -0.465 e. The molecule has 1 saturated carbocycles. The number of hydrogen-bond acceptors (Lipinski definition) is 14. The summed E-state index contributed by atoms with van der Waals surface area (Å²) in [4.78, 5) is 49.2. The summed E-state index contributed by atoms with van der Waals surface area (Å²) >= 11 is 0. The molecule has 0 spiro atoms. The van der Waals surface area contributed by atoms with E-state index >= 15 is 0 Å². The van der Waals surface area contributed by atoms with Crippen LogP contribution in [-0.2, 0) is 38.0 Å². The van der Waals surface area contributed by atoms with Crippen molar-refractivity contribution in [3.05, 3.63) is 11.8 Å². The number of ether oxygens (including phenoxy) is 6. The van der Waals surface area contributed by atoms with E-state index in [0.717, 1.165) is 0 Å². The monoisotopic (exact) mass is 800 g/mol. The normalized spacial score (nSPS) is 30.8. The second-order valence-corrected chi connectivity index (χ2v) is 16.0. The van der Waals surface area contributed by atoms with Gasteiger partial charge in [-0.1, -0.05) is 0 Å². The molecule has 0 radical (unpaired) electrons. The number of aliphatic hydroxyl groups excluding tert-OH is 3. The van der Waals surface area contributed by atoms with Gasteiger partial charge in [-0.2, -0.15) is 13.2 Å². The highest BCUT2D eigenvalue weighted by Gasteiger charge is 2.47. The SMILES string of the molecule is CC(C)(C)OC(=O)NCC[C@H](O)C(=O)N[C@@H]1CC[C@@H](O[C@H]2OC(CNC(=O)C(F)(F)F)=CC[C@H]2NC(=O)OC(C)(C)C)[C@H](O)[C@H]1O[C@H]1OC[C@](C)(O)C[C@H]1O. The van der Waals surface area contributed by atoms with E-state index in [1.807, 2.05) is 0 Å². The van der Waals surface area contributed by atoms with Crippen LogP contribution in [-0.4, -0.2) is 142 Å². The summed E-state index contributed by atoms with van der Waals surface area (Å²) in [5.41, 5.74) is -3.06. The third kappa shape index (κ3) is 15.2. The largest absolute Gasteiger partial charge is 0.471 e. The number of nitrogens with one attached hydrogen (secondary N) is 4. The minimum atomic E-state index is -5.16. The number of amides is 4. The molecule has 0 unspecified atom stereocenters. The van der Waals surface area contributed by atoms with Crippen molar-refractivity contribution in [2.45, 2.75) is 159 Å². The number of rotatable bonds is 12. The van der Waals surface area contributed by atoms with Gasteiger partial charge in [0.05, 0.1) is 36.9 Å². The number of alkyl halides is 3. The summed E-state index contributed by atoms with van der Waals surface area (Å²) < 4.78 is 72.4. The summed E-state index contributed by atoms with van der Waals surface area (Å²) in [6, 6.07) is -2.03. The van der Waals surface area contributed by atoms with E-state index in [1.54, 1.807) is 46.9 Å². The Morgan fingerprint density at radius 1 is 0.927 bits per heavy atom. The fourth-order valence-electron chi connectivity index (χ4n) is 5.82. The summed E-state index contributed by atoms with van der Waals surface area (Å²) in [6.45, 7) is 10.3. The molecule has 0 aromatic carbocycles. The van der Waals surface area contributed by atoms with E-state index in [0.29, 0.717) is 0 Å². The quantitative estimate of drug-likeness (QED) is 0.136. The molecule has 1 saturated heterocycles. The highest BCUT2D eigenvalue weighted by molar-refractivity contribution is 5.82. The zero-order valence-corrected chi connectivity index (χ0v) is 31.9. The van der Waals surface area contributed by atoms with Crippen molar-refractivity contribution >= 4 is 24.0 Å². The molecular formula is C34H55F3N4O14. The molecule has 4 amide bonds. The Hall–Kier alpha value is -3.47. The fraction of sp³-hybridized carbons (Fsp3) is 0.824. The molecule has 0 aromatic rings. The average Bonchev–Trinajstić information content (AvgIpc) is 3.02. The van der Waals surface area contributed by atoms with E-state index in [4.69, 9.17) is 28.4 Å². The molecule has 0 bridgehead atoms. The van der Waals surface area contributed by atoms with Crippen molar-refractivity contribution in [2.75, 3.05) is 19.7 Å². The van der Waals surface area contributed by atoms with Crippen LogP contribution in [0, 0.1) is 0 Å². The van der Waals surface area contributed by atoms with Crippen molar-refractivity contribution in [1.82, 2.24) is 21.3 Å². The van der Waals surface area contributed by atoms with Gasteiger partial charge in [0.1, 0.15) is 41.4 Å². The van der Waals surface area contributed by atoms with Crippen molar-refractivity contribution in [3.63, 3.8) is 0 Å². The molecular weight excluding hydrogens is 745 g/mol. The molecule has 18 nitrogen and oxygen atoms in total. The van der Waals surface area contributed by atoms with Crippen LogP contribution in [0.4, 0.5) is 22.8 Å². The first-order valence-corrected chi connectivity index (χ1v) is 17.9. The third-order valence-corrected chi connectivity index (χ3v) is 8.29. The first-order chi connectivity index (χ1) is 25.2. The van der Waals surface area contributed by atoms with Gasteiger partial charge in [0.15, 0.2) is 6.29 Å². The van der Waals surface area contributed by atoms with Gasteiger partial charge < -0.3 is 70.1 Å². The Bertz CT molecular complexity index is 1370. The molecule has 2 aliphatic heterocycles. The highest BCUT2D eigenvalue weighted by atomic mass is 19.4. The lowest BCUT2D eigenvalue weighted by molar-refractivity contribution is -0.296. The predicted octanol–water partition coefficient (Wildman–Crippen LogP) is 0.732. The zero-order chi connectivity index (χ0) is 41.5. The Balaban J connectivity index is 1.78. The number of carbonyl (C=O) groups is 4. The van der Waals surface area contributed by atoms with Gasteiger partial charge in [0, 0.05) is 13.0 Å². The highest BCUT2D eigenvalue weighted by Crippen LogP contribution is 2.32. The van der Waals surface area contributed by atoms with Gasteiger partial charge in [-0.25, -0.2) is 9.59 Å². The molecule has 2 fully saturated rings. The number of aliphatic hydroxyl groups is 4. The third-order valence-electron chi connectivity index (χ3n) is 8.29. The maximum atomic E-state index is 13.1. The second-order valence-electron chi connectivity index (χ2n) is 16.0. The molecule has 1 aliphatic carbocycles. The van der Waals surface area contributed by atoms with Crippen LogP contribution >= 0.6 is 0 Å². The smallest absolute Gasteiger partial charge is 0.465 e. The van der Waals surface area contributed by atoms with Crippen LogP contribution in [0.5, 0.6) is 0 Å². The van der Waals surface area contributed by atoms with E-state index < -0.39 is 109 Å². The summed E-state index contributed by atoms with van der Waals surface area (Å²) in [5, 5.41) is 52.6. The van der Waals surface area contributed by atoms with Crippen molar-refractivity contribution in [2.24, 2.45) is 0 Å². The van der Waals surface area contributed by atoms with E-state index in [9.17, 15) is 52.8 Å². The Morgan fingerprint density at radius 2 is 1.56 bits per heavy atom. The number of halogens is 3. The predicted molar refractivity (Wildman–Crippen MR) is 183 cm³/mol. The van der Waals surface area contributed by atoms with Crippen LogP contribution in [0.3, 0.4) is 0 Å². The van der Waals surface area contributed by atoms with Crippen LogP contribution < -0.4 is 21.3 Å². The van der Waals surface area contributed by atoms with E-state index in [1.165, 1.54) is 13.0 Å². The maximum absolute atomic E-state index is 13.1. The van der Waals surface area contributed by atoms with Crippen molar-refractivity contribution in [3.8, 4) is 0 Å². The summed E-state index contributed by atoms with van der Waals surface area (Å²) in [7, 11) is 0. The Morgan fingerprint density at radius 3 is 2.16 bits per heavy atom. The first kappa shape index (κ1) is 45.9.